The number of nitrogens with one attached hydrogen (secondary N) is 1. The summed E-state index contributed by atoms with van der Waals surface area (Å²) in [7, 11) is 0. The van der Waals surface area contributed by atoms with Crippen molar-refractivity contribution in [2.24, 2.45) is 0 Å². The first-order valence-corrected chi connectivity index (χ1v) is 8.83. The summed E-state index contributed by atoms with van der Waals surface area (Å²) in [4.78, 5) is 43.3. The van der Waals surface area contributed by atoms with Crippen LogP contribution in [0.15, 0.2) is 42.6 Å². The molecule has 3 rings (SSSR count). The van der Waals surface area contributed by atoms with Crippen LogP contribution in [0.25, 0.3) is 0 Å². The molecule has 0 atom stereocenters. The van der Waals surface area contributed by atoms with Crippen LogP contribution in [-0.4, -0.2) is 58.6 Å². The van der Waals surface area contributed by atoms with Gasteiger partial charge >= 0.3 is 0 Å². The van der Waals surface area contributed by atoms with Crippen molar-refractivity contribution in [2.75, 3.05) is 31.5 Å². The normalized spacial score (nSPS) is 14.0. The summed E-state index contributed by atoms with van der Waals surface area (Å²) in [6.45, 7) is 5.13. The smallest absolute Gasteiger partial charge is 0.272 e. The van der Waals surface area contributed by atoms with Crippen molar-refractivity contribution < 1.29 is 14.4 Å². The number of rotatable bonds is 4. The lowest BCUT2D eigenvalue weighted by Gasteiger charge is -2.34. The molecule has 1 N–H and O–H groups in total. The standard InChI is InChI=1S/C20H22N4O3/c1-14(25)16-4-3-5-17(12-16)22-18-6-7-21-19(13-18)20(27)24-10-8-23(9-11-24)15(2)26/h3-7,12-13H,8-11H2,1-2H3,(H,21,22). The Morgan fingerprint density at radius 1 is 0.926 bits per heavy atom. The van der Waals surface area contributed by atoms with Gasteiger partial charge in [-0.25, -0.2) is 0 Å². The van der Waals surface area contributed by atoms with Crippen molar-refractivity contribution in [2.45, 2.75) is 13.8 Å². The molecule has 0 bridgehead atoms. The highest BCUT2D eigenvalue weighted by atomic mass is 16.2. The molecule has 0 spiro atoms. The van der Waals surface area contributed by atoms with Gasteiger partial charge in [-0.2, -0.15) is 0 Å². The molecule has 2 heterocycles. The van der Waals surface area contributed by atoms with Gasteiger partial charge in [0.25, 0.3) is 5.91 Å². The zero-order chi connectivity index (χ0) is 19.4. The molecule has 2 amide bonds. The van der Waals surface area contributed by atoms with Crippen LogP contribution in [-0.2, 0) is 4.79 Å². The van der Waals surface area contributed by atoms with Gasteiger partial charge in [0.15, 0.2) is 5.78 Å². The van der Waals surface area contributed by atoms with Crippen molar-refractivity contribution >= 4 is 29.0 Å². The van der Waals surface area contributed by atoms with E-state index in [9.17, 15) is 14.4 Å². The molecule has 0 saturated carbocycles. The summed E-state index contributed by atoms with van der Waals surface area (Å²) in [5, 5.41) is 3.20. The van der Waals surface area contributed by atoms with Crippen molar-refractivity contribution in [1.29, 1.82) is 0 Å². The molecule has 1 aromatic carbocycles. The molecular formula is C20H22N4O3. The fourth-order valence-electron chi connectivity index (χ4n) is 2.99. The molecule has 1 aliphatic rings. The Balaban J connectivity index is 1.70. The van der Waals surface area contributed by atoms with E-state index in [0.29, 0.717) is 37.4 Å². The lowest BCUT2D eigenvalue weighted by Crippen LogP contribution is -2.50. The van der Waals surface area contributed by atoms with Crippen LogP contribution in [0.3, 0.4) is 0 Å². The highest BCUT2D eigenvalue weighted by Crippen LogP contribution is 2.19. The fraction of sp³-hybridized carbons (Fsp3) is 0.300. The summed E-state index contributed by atoms with van der Waals surface area (Å²) in [6, 6.07) is 10.7. The number of aromatic nitrogens is 1. The first-order valence-electron chi connectivity index (χ1n) is 8.83. The molecule has 140 valence electrons. The second-order valence-electron chi connectivity index (χ2n) is 6.49. The number of ketones is 1. The number of benzene rings is 1. The average molecular weight is 366 g/mol. The fourth-order valence-corrected chi connectivity index (χ4v) is 2.99. The monoisotopic (exact) mass is 366 g/mol. The van der Waals surface area contributed by atoms with Gasteiger partial charge in [0.05, 0.1) is 0 Å². The van der Waals surface area contributed by atoms with Gasteiger partial charge in [0.2, 0.25) is 5.91 Å². The van der Waals surface area contributed by atoms with Crippen molar-refractivity contribution in [3.8, 4) is 0 Å². The second-order valence-corrected chi connectivity index (χ2v) is 6.49. The Bertz CT molecular complexity index is 873. The largest absolute Gasteiger partial charge is 0.355 e. The number of Topliss-reactive ketones (excluding diaryl/α,β-unsaturated/α-hetero) is 1. The van der Waals surface area contributed by atoms with E-state index in [0.717, 1.165) is 11.4 Å². The number of hydrogen-bond acceptors (Lipinski definition) is 5. The van der Waals surface area contributed by atoms with Crippen LogP contribution in [0.2, 0.25) is 0 Å². The molecule has 1 saturated heterocycles. The SMILES string of the molecule is CC(=O)c1cccc(Nc2ccnc(C(=O)N3CCN(C(C)=O)CC3)c2)c1. The molecule has 2 aromatic rings. The first-order chi connectivity index (χ1) is 12.9. The Kier molecular flexibility index (Phi) is 5.49. The summed E-state index contributed by atoms with van der Waals surface area (Å²) < 4.78 is 0. The number of piperazine rings is 1. The molecule has 0 aliphatic carbocycles. The molecule has 1 fully saturated rings. The number of carbonyl (C=O) groups is 3. The second kappa shape index (κ2) is 7.99. The van der Waals surface area contributed by atoms with E-state index >= 15 is 0 Å². The summed E-state index contributed by atoms with van der Waals surface area (Å²) in [6.07, 6.45) is 1.58. The minimum absolute atomic E-state index is 0.00560. The molecule has 1 aliphatic heterocycles. The number of nitrogens with zero attached hydrogens (tertiary/aromatic N) is 3. The maximum absolute atomic E-state index is 12.7. The van der Waals surface area contributed by atoms with Crippen LogP contribution >= 0.6 is 0 Å². The Labute approximate surface area is 158 Å². The lowest BCUT2D eigenvalue weighted by atomic mass is 10.1. The number of pyridine rings is 1. The highest BCUT2D eigenvalue weighted by molar-refractivity contribution is 5.95. The Morgan fingerprint density at radius 2 is 1.59 bits per heavy atom. The molecular weight excluding hydrogens is 344 g/mol. The number of hydrogen-bond donors (Lipinski definition) is 1. The van der Waals surface area contributed by atoms with Gasteiger partial charge in [-0.3, -0.25) is 19.4 Å². The van der Waals surface area contributed by atoms with Gasteiger partial charge in [-0.05, 0) is 31.2 Å². The van der Waals surface area contributed by atoms with Gasteiger partial charge in [0.1, 0.15) is 5.69 Å². The van der Waals surface area contributed by atoms with E-state index in [1.807, 2.05) is 6.07 Å². The molecule has 1 aromatic heterocycles. The minimum Gasteiger partial charge on any atom is -0.355 e. The highest BCUT2D eigenvalue weighted by Gasteiger charge is 2.24. The van der Waals surface area contributed by atoms with Gasteiger partial charge in [-0.15, -0.1) is 0 Å². The summed E-state index contributed by atoms with van der Waals surface area (Å²) in [5.41, 5.74) is 2.45. The van der Waals surface area contributed by atoms with Crippen molar-refractivity contribution in [3.05, 3.63) is 53.9 Å². The summed E-state index contributed by atoms with van der Waals surface area (Å²) >= 11 is 0. The summed E-state index contributed by atoms with van der Waals surface area (Å²) in [5.74, 6) is -0.132. The average Bonchev–Trinajstić information content (AvgIpc) is 2.68. The zero-order valence-electron chi connectivity index (χ0n) is 15.4. The van der Waals surface area contributed by atoms with Crippen LogP contribution in [0.5, 0.6) is 0 Å². The Morgan fingerprint density at radius 3 is 2.26 bits per heavy atom. The predicted molar refractivity (Wildman–Crippen MR) is 102 cm³/mol. The molecule has 7 nitrogen and oxygen atoms in total. The van der Waals surface area contributed by atoms with E-state index in [1.54, 1.807) is 46.3 Å². The third-order valence-electron chi connectivity index (χ3n) is 4.55. The number of anilines is 2. The van der Waals surface area contributed by atoms with Gasteiger partial charge < -0.3 is 15.1 Å². The third-order valence-corrected chi connectivity index (χ3v) is 4.55. The quantitative estimate of drug-likeness (QED) is 0.840. The lowest BCUT2D eigenvalue weighted by molar-refractivity contribution is -0.130. The van der Waals surface area contributed by atoms with Gasteiger partial charge in [0, 0.05) is 56.2 Å². The van der Waals surface area contributed by atoms with Crippen LogP contribution in [0, 0.1) is 0 Å². The number of carbonyl (C=O) groups excluding carboxylic acids is 3. The zero-order valence-corrected chi connectivity index (χ0v) is 15.4. The van der Waals surface area contributed by atoms with E-state index in [-0.39, 0.29) is 17.6 Å². The minimum atomic E-state index is -0.153. The van der Waals surface area contributed by atoms with Gasteiger partial charge in [-0.1, -0.05) is 12.1 Å². The molecule has 7 heteroatoms. The maximum Gasteiger partial charge on any atom is 0.272 e. The predicted octanol–water partition coefficient (Wildman–Crippen LogP) is 2.33. The van der Waals surface area contributed by atoms with Crippen LogP contribution < -0.4 is 5.32 Å². The molecule has 0 radical (unpaired) electrons. The molecule has 27 heavy (non-hydrogen) atoms. The number of amides is 2. The Hall–Kier alpha value is -3.22. The van der Waals surface area contributed by atoms with E-state index in [4.69, 9.17) is 0 Å². The topological polar surface area (TPSA) is 82.6 Å². The van der Waals surface area contributed by atoms with E-state index in [2.05, 4.69) is 10.3 Å². The third kappa shape index (κ3) is 4.49. The van der Waals surface area contributed by atoms with E-state index < -0.39 is 0 Å². The van der Waals surface area contributed by atoms with Crippen LogP contribution in [0.4, 0.5) is 11.4 Å². The van der Waals surface area contributed by atoms with Crippen LogP contribution in [0.1, 0.15) is 34.7 Å². The molecule has 0 unspecified atom stereocenters. The first kappa shape index (κ1) is 18.6. The van der Waals surface area contributed by atoms with Crippen molar-refractivity contribution in [3.63, 3.8) is 0 Å². The van der Waals surface area contributed by atoms with Crippen molar-refractivity contribution in [1.82, 2.24) is 14.8 Å². The maximum atomic E-state index is 12.7. The van der Waals surface area contributed by atoms with E-state index in [1.165, 1.54) is 13.8 Å².